The molecule has 1 aliphatic rings. The zero-order valence-electron chi connectivity index (χ0n) is 11.0. The molecular weight excluding hydrogens is 283 g/mol. The fourth-order valence-electron chi connectivity index (χ4n) is 2.54. The van der Waals surface area contributed by atoms with E-state index in [2.05, 4.69) is 19.2 Å². The highest BCUT2D eigenvalue weighted by Gasteiger charge is 2.31. The van der Waals surface area contributed by atoms with E-state index in [1.165, 1.54) is 0 Å². The highest BCUT2D eigenvalue weighted by atomic mass is 35.5. The SMILES string of the molecule is CC1CCC(NC(=O)c2cc(Cl)c(N)c(Cl)c2)C1C. The summed E-state index contributed by atoms with van der Waals surface area (Å²) in [6.07, 6.45) is 2.17. The summed E-state index contributed by atoms with van der Waals surface area (Å²) < 4.78 is 0. The second-order valence-electron chi connectivity index (χ2n) is 5.35. The molecule has 0 heterocycles. The van der Waals surface area contributed by atoms with Crippen LogP contribution in [-0.4, -0.2) is 11.9 Å². The number of nitrogens with one attached hydrogen (secondary N) is 1. The van der Waals surface area contributed by atoms with E-state index in [9.17, 15) is 4.79 Å². The molecule has 1 aliphatic carbocycles. The van der Waals surface area contributed by atoms with Gasteiger partial charge in [-0.2, -0.15) is 0 Å². The van der Waals surface area contributed by atoms with Crippen molar-refractivity contribution in [3.05, 3.63) is 27.7 Å². The topological polar surface area (TPSA) is 55.1 Å². The Labute approximate surface area is 123 Å². The quantitative estimate of drug-likeness (QED) is 0.818. The molecule has 0 saturated heterocycles. The molecule has 104 valence electrons. The van der Waals surface area contributed by atoms with Crippen LogP contribution in [0.4, 0.5) is 5.69 Å². The Balaban J connectivity index is 2.13. The Morgan fingerprint density at radius 1 is 1.26 bits per heavy atom. The maximum Gasteiger partial charge on any atom is 0.251 e. The van der Waals surface area contributed by atoms with Crippen LogP contribution in [0.1, 0.15) is 37.0 Å². The molecule has 1 aromatic carbocycles. The number of anilines is 1. The van der Waals surface area contributed by atoms with E-state index in [0.717, 1.165) is 12.8 Å². The third kappa shape index (κ3) is 2.98. The number of rotatable bonds is 2. The van der Waals surface area contributed by atoms with E-state index < -0.39 is 0 Å². The smallest absolute Gasteiger partial charge is 0.251 e. The van der Waals surface area contributed by atoms with Crippen LogP contribution in [0.25, 0.3) is 0 Å². The number of hydrogen-bond donors (Lipinski definition) is 2. The molecule has 2 rings (SSSR count). The van der Waals surface area contributed by atoms with Crippen molar-refractivity contribution >= 4 is 34.8 Å². The summed E-state index contributed by atoms with van der Waals surface area (Å²) in [5.74, 6) is 0.988. The molecule has 0 aromatic heterocycles. The second kappa shape index (κ2) is 5.59. The van der Waals surface area contributed by atoms with Crippen molar-refractivity contribution < 1.29 is 4.79 Å². The lowest BCUT2D eigenvalue weighted by atomic mass is 9.97. The standard InChI is InChI=1S/C14H18Cl2N2O/c1-7-3-4-12(8(7)2)18-14(19)9-5-10(15)13(17)11(16)6-9/h5-8,12H,3-4,17H2,1-2H3,(H,18,19). The number of nitrogen functional groups attached to an aromatic ring is 1. The average Bonchev–Trinajstić information content (AvgIpc) is 2.67. The van der Waals surface area contributed by atoms with Crippen LogP contribution >= 0.6 is 23.2 Å². The second-order valence-corrected chi connectivity index (χ2v) is 6.16. The zero-order valence-corrected chi connectivity index (χ0v) is 12.6. The highest BCUT2D eigenvalue weighted by Crippen LogP contribution is 2.32. The van der Waals surface area contributed by atoms with Gasteiger partial charge >= 0.3 is 0 Å². The molecule has 0 aliphatic heterocycles. The van der Waals surface area contributed by atoms with Gasteiger partial charge < -0.3 is 11.1 Å². The summed E-state index contributed by atoms with van der Waals surface area (Å²) in [5.41, 5.74) is 6.42. The van der Waals surface area contributed by atoms with Crippen molar-refractivity contribution in [3.8, 4) is 0 Å². The molecule has 1 aromatic rings. The maximum atomic E-state index is 12.2. The molecular formula is C14H18Cl2N2O. The van der Waals surface area contributed by atoms with Gasteiger partial charge in [0.2, 0.25) is 0 Å². The molecule has 3 N–H and O–H groups in total. The third-order valence-corrected chi connectivity index (χ3v) is 4.75. The summed E-state index contributed by atoms with van der Waals surface area (Å²) in [5, 5.41) is 3.67. The van der Waals surface area contributed by atoms with Crippen molar-refractivity contribution in [1.82, 2.24) is 5.32 Å². The molecule has 3 unspecified atom stereocenters. The van der Waals surface area contributed by atoms with Crippen LogP contribution in [-0.2, 0) is 0 Å². The Morgan fingerprint density at radius 2 is 1.84 bits per heavy atom. The normalized spacial score (nSPS) is 26.4. The van der Waals surface area contributed by atoms with Crippen LogP contribution in [0.5, 0.6) is 0 Å². The molecule has 3 nitrogen and oxygen atoms in total. The number of halogens is 2. The first kappa shape index (κ1) is 14.5. The minimum atomic E-state index is -0.144. The van der Waals surface area contributed by atoms with E-state index in [0.29, 0.717) is 33.1 Å². The van der Waals surface area contributed by atoms with Crippen LogP contribution in [0.3, 0.4) is 0 Å². The van der Waals surface area contributed by atoms with Crippen molar-refractivity contribution in [1.29, 1.82) is 0 Å². The van der Waals surface area contributed by atoms with Gasteiger partial charge in [0.15, 0.2) is 0 Å². The highest BCUT2D eigenvalue weighted by molar-refractivity contribution is 6.39. The molecule has 0 bridgehead atoms. The van der Waals surface area contributed by atoms with E-state index in [4.69, 9.17) is 28.9 Å². The Bertz CT molecular complexity index is 481. The lowest BCUT2D eigenvalue weighted by Gasteiger charge is -2.20. The summed E-state index contributed by atoms with van der Waals surface area (Å²) >= 11 is 11.9. The van der Waals surface area contributed by atoms with Crippen LogP contribution in [0, 0.1) is 11.8 Å². The fourth-order valence-corrected chi connectivity index (χ4v) is 3.02. The number of benzene rings is 1. The first-order valence-corrected chi connectivity index (χ1v) is 7.21. The predicted molar refractivity (Wildman–Crippen MR) is 79.7 cm³/mol. The molecule has 19 heavy (non-hydrogen) atoms. The number of carbonyl (C=O) groups is 1. The minimum absolute atomic E-state index is 0.144. The third-order valence-electron chi connectivity index (χ3n) is 4.12. The van der Waals surface area contributed by atoms with E-state index in [-0.39, 0.29) is 11.9 Å². The van der Waals surface area contributed by atoms with Gasteiger partial charge in [0.05, 0.1) is 15.7 Å². The van der Waals surface area contributed by atoms with Gasteiger partial charge in [-0.15, -0.1) is 0 Å². The lowest BCUT2D eigenvalue weighted by molar-refractivity contribution is 0.0927. The van der Waals surface area contributed by atoms with E-state index in [1.54, 1.807) is 12.1 Å². The number of carbonyl (C=O) groups excluding carboxylic acids is 1. The summed E-state index contributed by atoms with van der Waals surface area (Å²) in [6.45, 7) is 4.39. The molecule has 1 amide bonds. The lowest BCUT2D eigenvalue weighted by Crippen LogP contribution is -2.37. The maximum absolute atomic E-state index is 12.2. The monoisotopic (exact) mass is 300 g/mol. The number of hydrogen-bond acceptors (Lipinski definition) is 2. The Kier molecular flexibility index (Phi) is 4.26. The van der Waals surface area contributed by atoms with Crippen LogP contribution in [0.2, 0.25) is 10.0 Å². The van der Waals surface area contributed by atoms with Gasteiger partial charge in [-0.05, 0) is 36.8 Å². The van der Waals surface area contributed by atoms with Crippen LogP contribution < -0.4 is 11.1 Å². The summed E-state index contributed by atoms with van der Waals surface area (Å²) in [7, 11) is 0. The predicted octanol–water partition coefficient (Wildman–Crippen LogP) is 3.74. The van der Waals surface area contributed by atoms with Crippen molar-refractivity contribution in [2.45, 2.75) is 32.7 Å². The fraction of sp³-hybridized carbons (Fsp3) is 0.500. The van der Waals surface area contributed by atoms with Gasteiger partial charge in [-0.3, -0.25) is 4.79 Å². The van der Waals surface area contributed by atoms with Crippen molar-refractivity contribution in [3.63, 3.8) is 0 Å². The number of amides is 1. The Hall–Kier alpha value is -0.930. The zero-order chi connectivity index (χ0) is 14.2. The molecule has 0 radical (unpaired) electrons. The first-order chi connectivity index (χ1) is 8.90. The van der Waals surface area contributed by atoms with Gasteiger partial charge in [-0.25, -0.2) is 0 Å². The largest absolute Gasteiger partial charge is 0.396 e. The van der Waals surface area contributed by atoms with Gasteiger partial charge in [0.25, 0.3) is 5.91 Å². The Morgan fingerprint density at radius 3 is 2.32 bits per heavy atom. The van der Waals surface area contributed by atoms with E-state index >= 15 is 0 Å². The van der Waals surface area contributed by atoms with Crippen molar-refractivity contribution in [2.24, 2.45) is 11.8 Å². The van der Waals surface area contributed by atoms with Gasteiger partial charge in [-0.1, -0.05) is 37.0 Å². The summed E-state index contributed by atoms with van der Waals surface area (Å²) in [6, 6.07) is 3.33. The first-order valence-electron chi connectivity index (χ1n) is 6.45. The molecule has 1 fully saturated rings. The average molecular weight is 301 g/mol. The van der Waals surface area contributed by atoms with Gasteiger partial charge in [0.1, 0.15) is 0 Å². The summed E-state index contributed by atoms with van der Waals surface area (Å²) in [4.78, 5) is 12.2. The number of nitrogens with two attached hydrogens (primary N) is 1. The van der Waals surface area contributed by atoms with Crippen LogP contribution in [0.15, 0.2) is 12.1 Å². The molecule has 1 saturated carbocycles. The van der Waals surface area contributed by atoms with E-state index in [1.807, 2.05) is 0 Å². The van der Waals surface area contributed by atoms with Gasteiger partial charge in [0, 0.05) is 11.6 Å². The molecule has 0 spiro atoms. The molecule has 5 heteroatoms. The van der Waals surface area contributed by atoms with Crippen molar-refractivity contribution in [2.75, 3.05) is 5.73 Å². The molecule has 3 atom stereocenters. The minimum Gasteiger partial charge on any atom is -0.396 e.